The summed E-state index contributed by atoms with van der Waals surface area (Å²) in [5.74, 6) is 0.108. The molecular weight excluding hydrogens is 254 g/mol. The summed E-state index contributed by atoms with van der Waals surface area (Å²) in [6, 6.07) is 5.98. The van der Waals surface area contributed by atoms with Crippen LogP contribution >= 0.6 is 0 Å². The van der Waals surface area contributed by atoms with E-state index in [0.29, 0.717) is 6.61 Å². The third-order valence-corrected chi connectivity index (χ3v) is 3.21. The number of methoxy groups -OCH3 is 2. The van der Waals surface area contributed by atoms with Crippen molar-refractivity contribution in [2.45, 2.75) is 13.3 Å². The minimum absolute atomic E-state index is 0.108. The van der Waals surface area contributed by atoms with Crippen LogP contribution in [0.2, 0.25) is 0 Å². The van der Waals surface area contributed by atoms with Gasteiger partial charge in [-0.2, -0.15) is 0 Å². The summed E-state index contributed by atoms with van der Waals surface area (Å²) in [6.07, 6.45) is 0.966. The van der Waals surface area contributed by atoms with Crippen molar-refractivity contribution in [2.75, 3.05) is 45.4 Å². The molecule has 0 aliphatic rings. The summed E-state index contributed by atoms with van der Waals surface area (Å²) < 4.78 is 10.3. The summed E-state index contributed by atoms with van der Waals surface area (Å²) >= 11 is 0. The standard InChI is InChI=1S/C15H25N3O2/c1-12-11-13(5-6-14(12)15(16)17)18(8-10-20-3)7-4-9-19-2/h5-6,11H,4,7-10H2,1-3H3,(H3,16,17). The Morgan fingerprint density at radius 2 is 1.90 bits per heavy atom. The maximum Gasteiger partial charge on any atom is 0.123 e. The van der Waals surface area contributed by atoms with E-state index in [1.165, 1.54) is 0 Å². The lowest BCUT2D eigenvalue weighted by Crippen LogP contribution is -2.29. The van der Waals surface area contributed by atoms with E-state index in [0.717, 1.165) is 42.9 Å². The Bertz CT molecular complexity index is 435. The fraction of sp³-hybridized carbons (Fsp3) is 0.533. The van der Waals surface area contributed by atoms with Gasteiger partial charge < -0.3 is 20.1 Å². The second kappa shape index (κ2) is 8.55. The van der Waals surface area contributed by atoms with E-state index in [-0.39, 0.29) is 5.84 Å². The normalized spacial score (nSPS) is 10.6. The zero-order valence-corrected chi connectivity index (χ0v) is 12.6. The number of nitrogens with zero attached hydrogens (tertiary/aromatic N) is 1. The number of nitrogens with two attached hydrogens (primary N) is 1. The highest BCUT2D eigenvalue weighted by molar-refractivity contribution is 5.96. The monoisotopic (exact) mass is 279 g/mol. The molecule has 1 rings (SSSR count). The molecule has 0 amide bonds. The number of benzene rings is 1. The molecular formula is C15H25N3O2. The van der Waals surface area contributed by atoms with Crippen molar-refractivity contribution in [2.24, 2.45) is 5.73 Å². The van der Waals surface area contributed by atoms with Crippen LogP contribution in [0, 0.1) is 12.3 Å². The first kappa shape index (κ1) is 16.5. The van der Waals surface area contributed by atoms with Crippen molar-refractivity contribution >= 4 is 11.5 Å². The van der Waals surface area contributed by atoms with Crippen LogP contribution in [0.3, 0.4) is 0 Å². The zero-order valence-electron chi connectivity index (χ0n) is 12.6. The average molecular weight is 279 g/mol. The van der Waals surface area contributed by atoms with E-state index in [1.54, 1.807) is 14.2 Å². The molecule has 5 heteroatoms. The second-order valence-electron chi connectivity index (χ2n) is 4.74. The predicted octanol–water partition coefficient (Wildman–Crippen LogP) is 1.77. The van der Waals surface area contributed by atoms with Crippen LogP contribution in [0.25, 0.3) is 0 Å². The number of nitrogen functional groups attached to an aromatic ring is 1. The molecule has 0 heterocycles. The van der Waals surface area contributed by atoms with Crippen molar-refractivity contribution in [3.05, 3.63) is 29.3 Å². The van der Waals surface area contributed by atoms with Crippen LogP contribution in [0.4, 0.5) is 5.69 Å². The highest BCUT2D eigenvalue weighted by Gasteiger charge is 2.09. The van der Waals surface area contributed by atoms with Crippen LogP contribution in [-0.2, 0) is 9.47 Å². The molecule has 0 atom stereocenters. The fourth-order valence-corrected chi connectivity index (χ4v) is 2.12. The molecule has 0 unspecified atom stereocenters. The molecule has 0 saturated heterocycles. The number of nitrogens with one attached hydrogen (secondary N) is 1. The number of hydrogen-bond donors (Lipinski definition) is 2. The maximum atomic E-state index is 7.53. The molecule has 0 aliphatic heterocycles. The number of ether oxygens (including phenoxy) is 2. The van der Waals surface area contributed by atoms with Crippen molar-refractivity contribution in [1.82, 2.24) is 0 Å². The Morgan fingerprint density at radius 1 is 1.20 bits per heavy atom. The molecule has 0 saturated carbocycles. The third kappa shape index (κ3) is 4.83. The Hall–Kier alpha value is -1.59. The Kier molecular flexibility index (Phi) is 7.04. The van der Waals surface area contributed by atoms with Crippen LogP contribution < -0.4 is 10.6 Å². The van der Waals surface area contributed by atoms with Gasteiger partial charge in [0, 0.05) is 45.2 Å². The van der Waals surface area contributed by atoms with Gasteiger partial charge in [-0.15, -0.1) is 0 Å². The maximum absolute atomic E-state index is 7.53. The van der Waals surface area contributed by atoms with Crippen LogP contribution in [0.15, 0.2) is 18.2 Å². The molecule has 0 radical (unpaired) electrons. The highest BCUT2D eigenvalue weighted by atomic mass is 16.5. The van der Waals surface area contributed by atoms with Gasteiger partial charge in [0.25, 0.3) is 0 Å². The molecule has 5 nitrogen and oxygen atoms in total. The summed E-state index contributed by atoms with van der Waals surface area (Å²) in [6.45, 7) is 5.15. The fourth-order valence-electron chi connectivity index (χ4n) is 2.12. The molecule has 0 spiro atoms. The minimum Gasteiger partial charge on any atom is -0.385 e. The van der Waals surface area contributed by atoms with Crippen LogP contribution in [-0.4, -0.2) is 46.4 Å². The average Bonchev–Trinajstić information content (AvgIpc) is 2.42. The summed E-state index contributed by atoms with van der Waals surface area (Å²) in [4.78, 5) is 2.26. The van der Waals surface area contributed by atoms with Gasteiger partial charge in [-0.05, 0) is 37.1 Å². The van der Waals surface area contributed by atoms with E-state index in [1.807, 2.05) is 19.1 Å². The summed E-state index contributed by atoms with van der Waals surface area (Å²) in [5, 5.41) is 7.53. The third-order valence-electron chi connectivity index (χ3n) is 3.21. The molecule has 0 bridgehead atoms. The van der Waals surface area contributed by atoms with Crippen molar-refractivity contribution in [3.63, 3.8) is 0 Å². The van der Waals surface area contributed by atoms with Gasteiger partial charge >= 0.3 is 0 Å². The first-order valence-electron chi connectivity index (χ1n) is 6.78. The van der Waals surface area contributed by atoms with Crippen molar-refractivity contribution in [1.29, 1.82) is 5.41 Å². The van der Waals surface area contributed by atoms with E-state index in [4.69, 9.17) is 20.6 Å². The number of aryl methyl sites for hydroxylation is 1. The zero-order chi connectivity index (χ0) is 15.0. The first-order chi connectivity index (χ1) is 9.60. The quantitative estimate of drug-likeness (QED) is 0.410. The molecule has 20 heavy (non-hydrogen) atoms. The van der Waals surface area contributed by atoms with E-state index in [2.05, 4.69) is 11.0 Å². The van der Waals surface area contributed by atoms with Crippen LogP contribution in [0.1, 0.15) is 17.5 Å². The molecule has 3 N–H and O–H groups in total. The van der Waals surface area contributed by atoms with Gasteiger partial charge in [0.05, 0.1) is 6.61 Å². The Labute approximate surface area is 121 Å². The van der Waals surface area contributed by atoms with Gasteiger partial charge in [0.2, 0.25) is 0 Å². The van der Waals surface area contributed by atoms with E-state index in [9.17, 15) is 0 Å². The highest BCUT2D eigenvalue weighted by Crippen LogP contribution is 2.19. The molecule has 0 aliphatic carbocycles. The van der Waals surface area contributed by atoms with Gasteiger partial charge in [-0.25, -0.2) is 0 Å². The van der Waals surface area contributed by atoms with Gasteiger partial charge in [-0.3, -0.25) is 5.41 Å². The molecule has 1 aromatic carbocycles. The number of hydrogen-bond acceptors (Lipinski definition) is 4. The number of amidine groups is 1. The second-order valence-corrected chi connectivity index (χ2v) is 4.74. The molecule has 0 aromatic heterocycles. The van der Waals surface area contributed by atoms with Crippen molar-refractivity contribution in [3.8, 4) is 0 Å². The molecule has 112 valence electrons. The number of anilines is 1. The van der Waals surface area contributed by atoms with E-state index >= 15 is 0 Å². The number of rotatable bonds is 9. The Balaban J connectivity index is 2.83. The first-order valence-corrected chi connectivity index (χ1v) is 6.78. The smallest absolute Gasteiger partial charge is 0.123 e. The largest absolute Gasteiger partial charge is 0.385 e. The Morgan fingerprint density at radius 3 is 2.45 bits per heavy atom. The molecule has 0 fully saturated rings. The summed E-state index contributed by atoms with van der Waals surface area (Å²) in [5.41, 5.74) is 8.48. The lowest BCUT2D eigenvalue weighted by atomic mass is 10.1. The van der Waals surface area contributed by atoms with Crippen molar-refractivity contribution < 1.29 is 9.47 Å². The minimum atomic E-state index is 0.108. The van der Waals surface area contributed by atoms with Gasteiger partial charge in [0.1, 0.15) is 5.84 Å². The van der Waals surface area contributed by atoms with Gasteiger partial charge in [0.15, 0.2) is 0 Å². The van der Waals surface area contributed by atoms with Crippen LogP contribution in [0.5, 0.6) is 0 Å². The lowest BCUT2D eigenvalue weighted by Gasteiger charge is -2.25. The van der Waals surface area contributed by atoms with Gasteiger partial charge in [-0.1, -0.05) is 0 Å². The SMILES string of the molecule is COCCCN(CCOC)c1ccc(C(=N)N)c(C)c1. The summed E-state index contributed by atoms with van der Waals surface area (Å²) in [7, 11) is 3.42. The predicted molar refractivity (Wildman–Crippen MR) is 82.8 cm³/mol. The molecule has 1 aromatic rings. The lowest BCUT2D eigenvalue weighted by molar-refractivity contribution is 0.191. The topological polar surface area (TPSA) is 71.6 Å². The van der Waals surface area contributed by atoms with E-state index < -0.39 is 0 Å².